The highest BCUT2D eigenvalue weighted by Gasteiger charge is 2.19. The summed E-state index contributed by atoms with van der Waals surface area (Å²) in [6, 6.07) is 3.43. The molecule has 0 radical (unpaired) electrons. The number of sulfonamides is 1. The van der Waals surface area contributed by atoms with Crippen molar-refractivity contribution in [2.75, 3.05) is 31.6 Å². The van der Waals surface area contributed by atoms with Crippen LogP contribution in [-0.2, 0) is 14.8 Å². The maximum absolute atomic E-state index is 12.2. The van der Waals surface area contributed by atoms with Gasteiger partial charge < -0.3 is 10.1 Å². The number of aromatic nitrogens is 1. The van der Waals surface area contributed by atoms with Crippen LogP contribution in [0.4, 0.5) is 5.69 Å². The Labute approximate surface area is 121 Å². The highest BCUT2D eigenvalue weighted by atomic mass is 32.2. The fourth-order valence-corrected chi connectivity index (χ4v) is 2.77. The summed E-state index contributed by atoms with van der Waals surface area (Å²) in [4.78, 5) is 3.97. The molecule has 114 valence electrons. The SMILES string of the molecule is CCCNc1cccnc1S(=O)(=O)NCCCOCC. The molecule has 0 unspecified atom stereocenters. The Hall–Kier alpha value is -1.18. The number of anilines is 1. The fourth-order valence-electron chi connectivity index (χ4n) is 1.59. The van der Waals surface area contributed by atoms with Gasteiger partial charge in [-0.2, -0.15) is 0 Å². The monoisotopic (exact) mass is 301 g/mol. The third-order valence-corrected chi connectivity index (χ3v) is 3.97. The summed E-state index contributed by atoms with van der Waals surface area (Å²) in [5.74, 6) is 0. The van der Waals surface area contributed by atoms with E-state index in [9.17, 15) is 8.42 Å². The van der Waals surface area contributed by atoms with Gasteiger partial charge in [0.05, 0.1) is 5.69 Å². The summed E-state index contributed by atoms with van der Waals surface area (Å²) < 4.78 is 32.1. The minimum absolute atomic E-state index is 0.0462. The van der Waals surface area contributed by atoms with Crippen LogP contribution in [0.25, 0.3) is 0 Å². The molecule has 7 heteroatoms. The van der Waals surface area contributed by atoms with Gasteiger partial charge in [-0.15, -0.1) is 0 Å². The van der Waals surface area contributed by atoms with E-state index in [-0.39, 0.29) is 5.03 Å². The molecular formula is C13H23N3O3S. The van der Waals surface area contributed by atoms with E-state index in [0.717, 1.165) is 6.42 Å². The van der Waals surface area contributed by atoms with Crippen LogP contribution in [0.3, 0.4) is 0 Å². The molecule has 0 saturated carbocycles. The van der Waals surface area contributed by atoms with Gasteiger partial charge in [0.1, 0.15) is 0 Å². The van der Waals surface area contributed by atoms with Crippen molar-refractivity contribution in [3.8, 4) is 0 Å². The molecule has 1 aromatic rings. The van der Waals surface area contributed by atoms with Crippen LogP contribution in [0.2, 0.25) is 0 Å². The van der Waals surface area contributed by atoms with Gasteiger partial charge in [-0.25, -0.2) is 18.1 Å². The zero-order chi connectivity index (χ0) is 14.8. The summed E-state index contributed by atoms with van der Waals surface area (Å²) in [7, 11) is -3.59. The Bertz CT molecular complexity index is 491. The van der Waals surface area contributed by atoms with Gasteiger partial charge in [-0.3, -0.25) is 0 Å². The van der Waals surface area contributed by atoms with E-state index in [0.29, 0.717) is 38.4 Å². The maximum atomic E-state index is 12.2. The fraction of sp³-hybridized carbons (Fsp3) is 0.615. The second-order valence-electron chi connectivity index (χ2n) is 4.23. The lowest BCUT2D eigenvalue weighted by Gasteiger charge is -2.11. The van der Waals surface area contributed by atoms with Crippen LogP contribution in [0, 0.1) is 0 Å². The average molecular weight is 301 g/mol. The molecule has 1 aromatic heterocycles. The van der Waals surface area contributed by atoms with Crippen molar-refractivity contribution in [1.29, 1.82) is 0 Å². The molecule has 0 saturated heterocycles. The molecule has 1 rings (SSSR count). The van der Waals surface area contributed by atoms with Crippen molar-refractivity contribution in [2.24, 2.45) is 0 Å². The number of nitrogens with zero attached hydrogens (tertiary/aromatic N) is 1. The first-order valence-electron chi connectivity index (χ1n) is 6.88. The quantitative estimate of drug-likeness (QED) is 0.642. The van der Waals surface area contributed by atoms with Crippen LogP contribution in [0.15, 0.2) is 23.4 Å². The first-order valence-corrected chi connectivity index (χ1v) is 8.36. The molecule has 0 fully saturated rings. The topological polar surface area (TPSA) is 80.3 Å². The summed E-state index contributed by atoms with van der Waals surface area (Å²) >= 11 is 0. The van der Waals surface area contributed by atoms with Crippen molar-refractivity contribution >= 4 is 15.7 Å². The summed E-state index contributed by atoms with van der Waals surface area (Å²) in [6.07, 6.45) is 3.03. The van der Waals surface area contributed by atoms with E-state index >= 15 is 0 Å². The molecule has 6 nitrogen and oxygen atoms in total. The number of rotatable bonds is 10. The third-order valence-electron chi connectivity index (χ3n) is 2.55. The van der Waals surface area contributed by atoms with Crippen LogP contribution in [0.5, 0.6) is 0 Å². The van der Waals surface area contributed by atoms with Gasteiger partial charge in [0.15, 0.2) is 5.03 Å². The summed E-state index contributed by atoms with van der Waals surface area (Å²) in [5, 5.41) is 3.12. The molecule has 0 atom stereocenters. The highest BCUT2D eigenvalue weighted by molar-refractivity contribution is 7.89. The van der Waals surface area contributed by atoms with E-state index in [1.54, 1.807) is 12.1 Å². The Balaban J connectivity index is 2.66. The molecule has 0 spiro atoms. The molecule has 0 amide bonds. The number of hydrogen-bond acceptors (Lipinski definition) is 5. The minimum atomic E-state index is -3.59. The summed E-state index contributed by atoms with van der Waals surface area (Å²) in [5.41, 5.74) is 0.534. The molecular weight excluding hydrogens is 278 g/mol. The molecule has 2 N–H and O–H groups in total. The van der Waals surface area contributed by atoms with E-state index in [1.807, 2.05) is 13.8 Å². The predicted octanol–water partition coefficient (Wildman–Crippen LogP) is 1.61. The van der Waals surface area contributed by atoms with Crippen LogP contribution in [-0.4, -0.2) is 39.7 Å². The average Bonchev–Trinajstić information content (AvgIpc) is 2.45. The second kappa shape index (κ2) is 8.89. The van der Waals surface area contributed by atoms with Crippen molar-refractivity contribution in [2.45, 2.75) is 31.7 Å². The van der Waals surface area contributed by atoms with Crippen molar-refractivity contribution in [1.82, 2.24) is 9.71 Å². The number of hydrogen-bond donors (Lipinski definition) is 2. The minimum Gasteiger partial charge on any atom is -0.383 e. The van der Waals surface area contributed by atoms with Crippen molar-refractivity contribution in [3.63, 3.8) is 0 Å². The smallest absolute Gasteiger partial charge is 0.260 e. The van der Waals surface area contributed by atoms with E-state index in [2.05, 4.69) is 15.0 Å². The van der Waals surface area contributed by atoms with Crippen molar-refractivity contribution in [3.05, 3.63) is 18.3 Å². The lowest BCUT2D eigenvalue weighted by Crippen LogP contribution is -2.27. The molecule has 0 aromatic carbocycles. The Morgan fingerprint density at radius 3 is 2.80 bits per heavy atom. The van der Waals surface area contributed by atoms with Gasteiger partial charge in [-0.1, -0.05) is 6.92 Å². The normalized spacial score (nSPS) is 11.5. The van der Waals surface area contributed by atoms with E-state index < -0.39 is 10.0 Å². The Morgan fingerprint density at radius 1 is 1.30 bits per heavy atom. The largest absolute Gasteiger partial charge is 0.383 e. The van der Waals surface area contributed by atoms with Gasteiger partial charge in [0, 0.05) is 32.5 Å². The lowest BCUT2D eigenvalue weighted by atomic mass is 10.4. The first-order chi connectivity index (χ1) is 9.61. The van der Waals surface area contributed by atoms with Crippen LogP contribution in [0.1, 0.15) is 26.7 Å². The zero-order valence-electron chi connectivity index (χ0n) is 12.1. The standard InChI is InChI=1S/C13H23N3O3S/c1-3-8-14-12-7-5-9-15-13(12)20(17,18)16-10-6-11-19-4-2/h5,7,9,14,16H,3-4,6,8,10-11H2,1-2H3. The molecule has 20 heavy (non-hydrogen) atoms. The zero-order valence-corrected chi connectivity index (χ0v) is 12.9. The van der Waals surface area contributed by atoms with Crippen LogP contribution >= 0.6 is 0 Å². The molecule has 0 aliphatic carbocycles. The third kappa shape index (κ3) is 5.44. The molecule has 0 bridgehead atoms. The molecule has 0 aliphatic heterocycles. The number of nitrogens with one attached hydrogen (secondary N) is 2. The van der Waals surface area contributed by atoms with Gasteiger partial charge >= 0.3 is 0 Å². The van der Waals surface area contributed by atoms with Gasteiger partial charge in [0.2, 0.25) is 0 Å². The summed E-state index contributed by atoms with van der Waals surface area (Å²) in [6.45, 7) is 6.15. The molecule has 1 heterocycles. The van der Waals surface area contributed by atoms with E-state index in [4.69, 9.17) is 4.74 Å². The van der Waals surface area contributed by atoms with Gasteiger partial charge in [-0.05, 0) is 31.9 Å². The second-order valence-corrected chi connectivity index (χ2v) is 5.91. The number of ether oxygens (including phenoxy) is 1. The Morgan fingerprint density at radius 2 is 2.10 bits per heavy atom. The van der Waals surface area contributed by atoms with E-state index in [1.165, 1.54) is 6.20 Å². The van der Waals surface area contributed by atoms with Crippen LogP contribution < -0.4 is 10.0 Å². The number of pyridine rings is 1. The highest BCUT2D eigenvalue weighted by Crippen LogP contribution is 2.17. The first kappa shape index (κ1) is 16.9. The lowest BCUT2D eigenvalue weighted by molar-refractivity contribution is 0.146. The van der Waals surface area contributed by atoms with Crippen molar-refractivity contribution < 1.29 is 13.2 Å². The Kier molecular flexibility index (Phi) is 7.50. The predicted molar refractivity (Wildman–Crippen MR) is 79.3 cm³/mol. The molecule has 0 aliphatic rings. The van der Waals surface area contributed by atoms with Gasteiger partial charge in [0.25, 0.3) is 10.0 Å². The maximum Gasteiger partial charge on any atom is 0.260 e.